The van der Waals surface area contributed by atoms with Gasteiger partial charge in [0.05, 0.1) is 27.1 Å². The van der Waals surface area contributed by atoms with Crippen LogP contribution in [0.2, 0.25) is 0 Å². The highest BCUT2D eigenvalue weighted by molar-refractivity contribution is 5.70. The lowest BCUT2D eigenvalue weighted by Gasteiger charge is -2.44. The van der Waals surface area contributed by atoms with Gasteiger partial charge in [-0.25, -0.2) is 0 Å². The number of hydrogen-bond acceptors (Lipinski definition) is 2. The van der Waals surface area contributed by atoms with Gasteiger partial charge >= 0.3 is 0 Å². The average Bonchev–Trinajstić information content (AvgIpc) is 2.45. The van der Waals surface area contributed by atoms with E-state index in [-0.39, 0.29) is 5.41 Å². The molecule has 0 amide bonds. The average molecular weight is 356 g/mol. The third-order valence-corrected chi connectivity index (χ3v) is 5.41. The van der Waals surface area contributed by atoms with Gasteiger partial charge in [0.1, 0.15) is 6.04 Å². The van der Waals surface area contributed by atoms with Crippen LogP contribution in [0.15, 0.2) is 0 Å². The van der Waals surface area contributed by atoms with Gasteiger partial charge in [0, 0.05) is 5.41 Å². The summed E-state index contributed by atoms with van der Waals surface area (Å²) >= 11 is 0. The highest BCUT2D eigenvalue weighted by atomic mass is 16.4. The van der Waals surface area contributed by atoms with Crippen LogP contribution in [0.25, 0.3) is 0 Å². The van der Waals surface area contributed by atoms with Crippen molar-refractivity contribution in [3.8, 4) is 0 Å². The summed E-state index contributed by atoms with van der Waals surface area (Å²) in [5, 5.41) is 11.6. The fourth-order valence-corrected chi connectivity index (χ4v) is 4.24. The second kappa shape index (κ2) is 12.7. The topological polar surface area (TPSA) is 40.1 Å². The summed E-state index contributed by atoms with van der Waals surface area (Å²) in [4.78, 5) is 11.6. The third-order valence-electron chi connectivity index (χ3n) is 5.41. The minimum Gasteiger partial charge on any atom is -0.544 e. The fourth-order valence-electron chi connectivity index (χ4n) is 4.24. The summed E-state index contributed by atoms with van der Waals surface area (Å²) < 4.78 is 0.424. The number of likely N-dealkylation sites (N-methyl/N-ethyl adjacent to an activating group) is 1. The number of carbonyl (C=O) groups excluding carboxylic acids is 1. The van der Waals surface area contributed by atoms with Crippen molar-refractivity contribution >= 4 is 5.97 Å². The molecular formula is C22H45NO2. The highest BCUT2D eigenvalue weighted by Gasteiger charge is 2.39. The fraction of sp³-hybridized carbons (Fsp3) is 0.955. The Morgan fingerprint density at radius 1 is 0.800 bits per heavy atom. The Hall–Kier alpha value is -0.570. The monoisotopic (exact) mass is 355 g/mol. The predicted molar refractivity (Wildman–Crippen MR) is 106 cm³/mol. The summed E-state index contributed by atoms with van der Waals surface area (Å²) in [6.45, 7) is 6.42. The lowest BCUT2D eigenvalue weighted by Crippen LogP contribution is -2.61. The molecule has 0 aliphatic rings. The van der Waals surface area contributed by atoms with Crippen LogP contribution in [0.4, 0.5) is 0 Å². The minimum atomic E-state index is -0.920. The first-order chi connectivity index (χ1) is 11.6. The normalized spacial score (nSPS) is 13.8. The highest BCUT2D eigenvalue weighted by Crippen LogP contribution is 2.32. The molecule has 0 saturated heterocycles. The van der Waals surface area contributed by atoms with Gasteiger partial charge in [-0.2, -0.15) is 0 Å². The van der Waals surface area contributed by atoms with E-state index >= 15 is 0 Å². The summed E-state index contributed by atoms with van der Waals surface area (Å²) in [6, 6.07) is -0.458. The molecule has 0 rings (SSSR count). The van der Waals surface area contributed by atoms with Crippen molar-refractivity contribution in [3.05, 3.63) is 0 Å². The molecule has 0 aromatic carbocycles. The molecule has 0 aliphatic carbocycles. The number of hydrogen-bond donors (Lipinski definition) is 0. The van der Waals surface area contributed by atoms with E-state index in [1.165, 1.54) is 70.6 Å². The molecule has 1 atom stereocenters. The van der Waals surface area contributed by atoms with Crippen molar-refractivity contribution < 1.29 is 14.4 Å². The van der Waals surface area contributed by atoms with Gasteiger partial charge in [0.25, 0.3) is 0 Å². The van der Waals surface area contributed by atoms with E-state index in [1.807, 2.05) is 21.1 Å². The quantitative estimate of drug-likeness (QED) is 0.291. The molecule has 0 saturated carbocycles. The molecule has 0 heterocycles. The minimum absolute atomic E-state index is 0.227. The van der Waals surface area contributed by atoms with Crippen LogP contribution >= 0.6 is 0 Å². The van der Waals surface area contributed by atoms with Crippen LogP contribution in [0.1, 0.15) is 104 Å². The number of rotatable bonds is 16. The lowest BCUT2D eigenvalue weighted by atomic mass is 9.78. The zero-order chi connectivity index (χ0) is 19.3. The maximum atomic E-state index is 11.6. The van der Waals surface area contributed by atoms with E-state index in [4.69, 9.17) is 0 Å². The van der Waals surface area contributed by atoms with Crippen molar-refractivity contribution in [2.24, 2.45) is 5.41 Å². The number of nitrogens with zero attached hydrogens (tertiary/aromatic N) is 1. The summed E-state index contributed by atoms with van der Waals surface area (Å²) in [5.74, 6) is -0.920. The lowest BCUT2D eigenvalue weighted by molar-refractivity contribution is -0.896. The molecule has 3 heteroatoms. The first-order valence-electron chi connectivity index (χ1n) is 10.6. The summed E-state index contributed by atoms with van der Waals surface area (Å²) in [7, 11) is 5.85. The molecule has 150 valence electrons. The molecule has 1 unspecified atom stereocenters. The van der Waals surface area contributed by atoms with Gasteiger partial charge in [-0.3, -0.25) is 0 Å². The van der Waals surface area contributed by atoms with Gasteiger partial charge in [0.15, 0.2) is 0 Å². The number of aliphatic carboxylic acids is 1. The number of carboxylic acids is 1. The molecule has 0 aromatic rings. The van der Waals surface area contributed by atoms with Gasteiger partial charge in [-0.1, -0.05) is 97.8 Å². The molecule has 3 nitrogen and oxygen atoms in total. The van der Waals surface area contributed by atoms with E-state index in [0.717, 1.165) is 12.8 Å². The van der Waals surface area contributed by atoms with Crippen LogP contribution in [0.5, 0.6) is 0 Å². The van der Waals surface area contributed by atoms with Gasteiger partial charge < -0.3 is 14.4 Å². The number of carboxylic acid groups (broad SMARTS) is 1. The van der Waals surface area contributed by atoms with Crippen molar-refractivity contribution in [2.75, 3.05) is 21.1 Å². The van der Waals surface area contributed by atoms with Crippen LogP contribution in [0, 0.1) is 5.41 Å². The van der Waals surface area contributed by atoms with E-state index in [2.05, 4.69) is 20.8 Å². The molecule has 0 bridgehead atoms. The maximum absolute atomic E-state index is 11.6. The van der Waals surface area contributed by atoms with Gasteiger partial charge in [-0.15, -0.1) is 0 Å². The number of carbonyl (C=O) groups is 1. The van der Waals surface area contributed by atoms with Crippen LogP contribution in [0.3, 0.4) is 0 Å². The second-order valence-electron chi connectivity index (χ2n) is 9.47. The van der Waals surface area contributed by atoms with E-state index in [1.54, 1.807) is 0 Å². The molecule has 0 fully saturated rings. The smallest absolute Gasteiger partial charge is 0.134 e. The van der Waals surface area contributed by atoms with Gasteiger partial charge in [0.2, 0.25) is 0 Å². The second-order valence-corrected chi connectivity index (χ2v) is 9.47. The van der Waals surface area contributed by atoms with E-state index < -0.39 is 12.0 Å². The SMILES string of the molecule is CCCCCCCCCCCCCCC(C)(C)C(C(=O)[O-])[N+](C)(C)C. The Balaban J connectivity index is 3.78. The van der Waals surface area contributed by atoms with E-state index in [0.29, 0.717) is 4.48 Å². The molecule has 0 aliphatic heterocycles. The number of quaternary nitrogens is 1. The largest absolute Gasteiger partial charge is 0.544 e. The van der Waals surface area contributed by atoms with Crippen molar-refractivity contribution in [1.82, 2.24) is 0 Å². The molecular weight excluding hydrogens is 310 g/mol. The predicted octanol–water partition coefficient (Wildman–Crippen LogP) is 4.93. The Morgan fingerprint density at radius 3 is 1.48 bits per heavy atom. The molecule has 0 radical (unpaired) electrons. The molecule has 0 N–H and O–H groups in total. The van der Waals surface area contributed by atoms with Gasteiger partial charge in [-0.05, 0) is 6.42 Å². The zero-order valence-corrected chi connectivity index (χ0v) is 18.0. The van der Waals surface area contributed by atoms with Crippen LogP contribution in [-0.4, -0.2) is 37.6 Å². The Kier molecular flexibility index (Phi) is 12.4. The van der Waals surface area contributed by atoms with Crippen molar-refractivity contribution in [3.63, 3.8) is 0 Å². The zero-order valence-electron chi connectivity index (χ0n) is 18.0. The molecule has 25 heavy (non-hydrogen) atoms. The first kappa shape index (κ1) is 24.4. The molecule has 0 spiro atoms. The van der Waals surface area contributed by atoms with E-state index in [9.17, 15) is 9.90 Å². The Morgan fingerprint density at radius 2 is 1.16 bits per heavy atom. The van der Waals surface area contributed by atoms with Crippen LogP contribution in [-0.2, 0) is 4.79 Å². The standard InChI is InChI=1S/C22H45NO2/c1-7-8-9-10-11-12-13-14-15-16-17-18-19-22(2,3)20(21(24)25)23(4,5)6/h20H,7-19H2,1-6H3. The third kappa shape index (κ3) is 11.6. The molecule has 0 aromatic heterocycles. The Bertz CT molecular complexity index is 344. The number of unbranched alkanes of at least 4 members (excludes halogenated alkanes) is 11. The van der Waals surface area contributed by atoms with Crippen molar-refractivity contribution in [2.45, 2.75) is 110 Å². The maximum Gasteiger partial charge on any atom is 0.134 e. The van der Waals surface area contributed by atoms with Crippen LogP contribution < -0.4 is 5.11 Å². The Labute approximate surface area is 157 Å². The summed E-state index contributed by atoms with van der Waals surface area (Å²) in [5.41, 5.74) is -0.227. The first-order valence-corrected chi connectivity index (χ1v) is 10.6. The summed E-state index contributed by atoms with van der Waals surface area (Å²) in [6.07, 6.45) is 17.0. The van der Waals surface area contributed by atoms with Crippen molar-refractivity contribution in [1.29, 1.82) is 0 Å².